The second-order valence-corrected chi connectivity index (χ2v) is 5.65. The number of hydrogen-bond donors (Lipinski definition) is 2. The van der Waals surface area contributed by atoms with Gasteiger partial charge in [0.05, 0.1) is 16.6 Å². The maximum atomic E-state index is 11.4. The molecular weight excluding hydrogens is 276 g/mol. The van der Waals surface area contributed by atoms with Gasteiger partial charge in [-0.3, -0.25) is 10.1 Å². The average Bonchev–Trinajstić information content (AvgIpc) is 2.69. The smallest absolute Gasteiger partial charge is 0.338 e. The predicted octanol–water partition coefficient (Wildman–Crippen LogP) is 1.79. The van der Waals surface area contributed by atoms with Crippen molar-refractivity contribution in [2.45, 2.75) is 43.9 Å². The lowest BCUT2D eigenvalue weighted by molar-refractivity contribution is -0.384. The topological polar surface area (TPSA) is 104 Å². The third kappa shape index (κ3) is 2.23. The van der Waals surface area contributed by atoms with Crippen LogP contribution in [0.15, 0.2) is 18.2 Å². The highest BCUT2D eigenvalue weighted by Gasteiger charge is 2.44. The largest absolute Gasteiger partial charge is 0.478 e. The van der Waals surface area contributed by atoms with Gasteiger partial charge in [-0.15, -0.1) is 0 Å². The van der Waals surface area contributed by atoms with Crippen LogP contribution in [0.5, 0.6) is 0 Å². The standard InChI is InChI=1S/C14H16N2O5/c17-10-6-8-4-5-9(7-10)15(8)13-11(14(18)19)2-1-3-12(13)16(20)21/h1-3,8-10,17H,4-7H2,(H,18,19). The Morgan fingerprint density at radius 2 is 1.90 bits per heavy atom. The molecule has 2 unspecified atom stereocenters. The number of aliphatic hydroxyl groups is 1. The summed E-state index contributed by atoms with van der Waals surface area (Å²) in [5.74, 6) is -1.17. The molecule has 1 aromatic carbocycles. The number of para-hydroxylation sites is 1. The molecule has 1 aromatic rings. The molecule has 0 amide bonds. The summed E-state index contributed by atoms with van der Waals surface area (Å²) < 4.78 is 0. The average molecular weight is 292 g/mol. The van der Waals surface area contributed by atoms with Gasteiger partial charge < -0.3 is 15.1 Å². The highest BCUT2D eigenvalue weighted by molar-refractivity contribution is 5.97. The summed E-state index contributed by atoms with van der Waals surface area (Å²) in [5.41, 5.74) is -0.0323. The summed E-state index contributed by atoms with van der Waals surface area (Å²) in [6.07, 6.45) is 2.30. The Morgan fingerprint density at radius 3 is 2.43 bits per heavy atom. The number of aliphatic hydroxyl groups excluding tert-OH is 1. The molecule has 21 heavy (non-hydrogen) atoms. The molecule has 2 fully saturated rings. The van der Waals surface area contributed by atoms with Crippen molar-refractivity contribution in [2.75, 3.05) is 4.90 Å². The molecule has 2 N–H and O–H groups in total. The van der Waals surface area contributed by atoms with Gasteiger partial charge in [0.25, 0.3) is 5.69 Å². The van der Waals surface area contributed by atoms with E-state index in [0.717, 1.165) is 12.8 Å². The first-order chi connectivity index (χ1) is 9.99. The molecule has 0 radical (unpaired) electrons. The number of benzene rings is 1. The fourth-order valence-corrected chi connectivity index (χ4v) is 3.64. The molecule has 2 bridgehead atoms. The number of anilines is 1. The van der Waals surface area contributed by atoms with Crippen LogP contribution < -0.4 is 4.90 Å². The number of carboxylic acid groups (broad SMARTS) is 1. The number of carboxylic acids is 1. The van der Waals surface area contributed by atoms with Crippen molar-refractivity contribution in [3.8, 4) is 0 Å². The van der Waals surface area contributed by atoms with E-state index in [-0.39, 0.29) is 29.0 Å². The molecule has 0 aliphatic carbocycles. The minimum Gasteiger partial charge on any atom is -0.478 e. The Morgan fingerprint density at radius 1 is 1.29 bits per heavy atom. The van der Waals surface area contributed by atoms with E-state index in [1.807, 2.05) is 4.90 Å². The van der Waals surface area contributed by atoms with Gasteiger partial charge in [0, 0.05) is 18.2 Å². The zero-order valence-corrected chi connectivity index (χ0v) is 11.3. The molecule has 0 aromatic heterocycles. The summed E-state index contributed by atoms with van der Waals surface area (Å²) >= 11 is 0. The van der Waals surface area contributed by atoms with E-state index in [0.29, 0.717) is 12.8 Å². The molecule has 112 valence electrons. The van der Waals surface area contributed by atoms with E-state index < -0.39 is 17.0 Å². The summed E-state index contributed by atoms with van der Waals surface area (Å²) in [7, 11) is 0. The summed E-state index contributed by atoms with van der Waals surface area (Å²) in [4.78, 5) is 24.0. The third-order valence-corrected chi connectivity index (χ3v) is 4.41. The van der Waals surface area contributed by atoms with Crippen molar-refractivity contribution in [3.63, 3.8) is 0 Å². The van der Waals surface area contributed by atoms with Crippen molar-refractivity contribution < 1.29 is 19.9 Å². The molecule has 2 heterocycles. The Balaban J connectivity index is 2.13. The zero-order chi connectivity index (χ0) is 15.1. The SMILES string of the molecule is O=C(O)c1cccc([N+](=O)[O-])c1N1C2CCC1CC(O)C2. The number of fused-ring (bicyclic) bond motifs is 2. The first-order valence-corrected chi connectivity index (χ1v) is 6.96. The minimum atomic E-state index is -1.17. The van der Waals surface area contributed by atoms with Crippen molar-refractivity contribution in [3.05, 3.63) is 33.9 Å². The number of nitrogens with zero attached hydrogens (tertiary/aromatic N) is 2. The van der Waals surface area contributed by atoms with Gasteiger partial charge in [0.15, 0.2) is 0 Å². The number of aromatic carboxylic acids is 1. The van der Waals surface area contributed by atoms with Gasteiger partial charge in [-0.2, -0.15) is 0 Å². The number of rotatable bonds is 3. The van der Waals surface area contributed by atoms with Crippen molar-refractivity contribution in [1.82, 2.24) is 0 Å². The lowest BCUT2D eigenvalue weighted by Crippen LogP contribution is -2.45. The van der Waals surface area contributed by atoms with E-state index in [2.05, 4.69) is 0 Å². The zero-order valence-electron chi connectivity index (χ0n) is 11.3. The van der Waals surface area contributed by atoms with Crippen LogP contribution in [0.1, 0.15) is 36.0 Å². The molecule has 0 spiro atoms. The van der Waals surface area contributed by atoms with Crippen LogP contribution in [-0.4, -0.2) is 39.3 Å². The van der Waals surface area contributed by atoms with E-state index in [1.165, 1.54) is 18.2 Å². The molecule has 3 rings (SSSR count). The normalized spacial score (nSPS) is 27.7. The second-order valence-electron chi connectivity index (χ2n) is 5.65. The van der Waals surface area contributed by atoms with Crippen LogP contribution >= 0.6 is 0 Å². The van der Waals surface area contributed by atoms with Crippen molar-refractivity contribution in [2.24, 2.45) is 0 Å². The van der Waals surface area contributed by atoms with Crippen LogP contribution in [0, 0.1) is 10.1 Å². The minimum absolute atomic E-state index is 0.0297. The maximum Gasteiger partial charge on any atom is 0.338 e. The Hall–Kier alpha value is -2.15. The molecule has 2 aliphatic heterocycles. The summed E-state index contributed by atoms with van der Waals surface area (Å²) in [5, 5.41) is 30.5. The maximum absolute atomic E-state index is 11.4. The number of piperidine rings is 1. The van der Waals surface area contributed by atoms with E-state index in [4.69, 9.17) is 0 Å². The Bertz CT molecular complexity index is 557. The highest BCUT2D eigenvalue weighted by Crippen LogP contribution is 2.44. The van der Waals surface area contributed by atoms with Gasteiger partial charge in [-0.25, -0.2) is 4.79 Å². The van der Waals surface area contributed by atoms with Gasteiger partial charge in [-0.1, -0.05) is 6.07 Å². The molecule has 2 saturated heterocycles. The molecule has 2 aliphatic rings. The molecule has 7 nitrogen and oxygen atoms in total. The van der Waals surface area contributed by atoms with Crippen LogP contribution in [0.4, 0.5) is 11.4 Å². The van der Waals surface area contributed by atoms with Gasteiger partial charge in [0.2, 0.25) is 0 Å². The molecular formula is C14H16N2O5. The predicted molar refractivity (Wildman–Crippen MR) is 74.6 cm³/mol. The Labute approximate surface area is 121 Å². The van der Waals surface area contributed by atoms with Crippen molar-refractivity contribution in [1.29, 1.82) is 0 Å². The third-order valence-electron chi connectivity index (χ3n) is 4.41. The lowest BCUT2D eigenvalue weighted by Gasteiger charge is -2.39. The number of nitro groups is 1. The van der Waals surface area contributed by atoms with Crippen LogP contribution in [0.25, 0.3) is 0 Å². The second kappa shape index (κ2) is 5.00. The Kier molecular flexibility index (Phi) is 3.29. The van der Waals surface area contributed by atoms with Crippen LogP contribution in [-0.2, 0) is 0 Å². The quantitative estimate of drug-likeness (QED) is 0.650. The summed E-state index contributed by atoms with van der Waals surface area (Å²) in [6.45, 7) is 0. The van der Waals surface area contributed by atoms with E-state index in [1.54, 1.807) is 0 Å². The van der Waals surface area contributed by atoms with Gasteiger partial charge in [0.1, 0.15) is 5.69 Å². The van der Waals surface area contributed by atoms with E-state index >= 15 is 0 Å². The van der Waals surface area contributed by atoms with E-state index in [9.17, 15) is 25.1 Å². The van der Waals surface area contributed by atoms with Crippen LogP contribution in [0.2, 0.25) is 0 Å². The first-order valence-electron chi connectivity index (χ1n) is 6.96. The first kappa shape index (κ1) is 13.8. The van der Waals surface area contributed by atoms with Gasteiger partial charge in [-0.05, 0) is 31.7 Å². The molecule has 2 atom stereocenters. The lowest BCUT2D eigenvalue weighted by atomic mass is 9.97. The number of carbonyl (C=O) groups is 1. The van der Waals surface area contributed by atoms with Crippen LogP contribution in [0.3, 0.4) is 0 Å². The number of hydrogen-bond acceptors (Lipinski definition) is 5. The number of nitro benzene ring substituents is 1. The molecule has 0 saturated carbocycles. The fourth-order valence-electron chi connectivity index (χ4n) is 3.64. The van der Waals surface area contributed by atoms with Gasteiger partial charge >= 0.3 is 5.97 Å². The summed E-state index contributed by atoms with van der Waals surface area (Å²) in [6, 6.07) is 4.07. The fraction of sp³-hybridized carbons (Fsp3) is 0.500. The highest BCUT2D eigenvalue weighted by atomic mass is 16.6. The monoisotopic (exact) mass is 292 g/mol. The van der Waals surface area contributed by atoms with Crippen molar-refractivity contribution >= 4 is 17.3 Å². The molecule has 7 heteroatoms.